The fraction of sp³-hybridized carbons (Fsp3) is 0.500. The standard InChI is InChI=1S/C24H32O6/c25-17-19-7-9-21-23(15-19)29-13-5-2-6-14-30-24-16-20(18-26)8-10-22(24)28-12-4-1-3-11-27-21/h7-10,15-16,25-26H,1-6,11-14,17-18H2. The highest BCUT2D eigenvalue weighted by Crippen LogP contribution is 2.30. The van der Waals surface area contributed by atoms with Gasteiger partial charge >= 0.3 is 0 Å². The third-order valence-corrected chi connectivity index (χ3v) is 4.99. The minimum absolute atomic E-state index is 0.0204. The van der Waals surface area contributed by atoms with E-state index in [1.54, 1.807) is 0 Å². The first-order valence-electron chi connectivity index (χ1n) is 10.8. The minimum Gasteiger partial charge on any atom is -0.490 e. The van der Waals surface area contributed by atoms with Crippen LogP contribution in [0.25, 0.3) is 0 Å². The maximum absolute atomic E-state index is 9.39. The summed E-state index contributed by atoms with van der Waals surface area (Å²) in [6.45, 7) is 2.34. The van der Waals surface area contributed by atoms with E-state index in [4.69, 9.17) is 18.9 Å². The Morgan fingerprint density at radius 3 is 1.23 bits per heavy atom. The normalized spacial score (nSPS) is 16.3. The number of hydrogen-bond acceptors (Lipinski definition) is 6. The topological polar surface area (TPSA) is 77.4 Å². The molecule has 0 aliphatic carbocycles. The number of ether oxygens (including phenoxy) is 4. The zero-order valence-corrected chi connectivity index (χ0v) is 17.5. The van der Waals surface area contributed by atoms with Crippen molar-refractivity contribution in [2.75, 3.05) is 26.4 Å². The summed E-state index contributed by atoms with van der Waals surface area (Å²) < 4.78 is 23.7. The molecule has 0 aromatic heterocycles. The summed E-state index contributed by atoms with van der Waals surface area (Å²) >= 11 is 0. The smallest absolute Gasteiger partial charge is 0.161 e. The summed E-state index contributed by atoms with van der Waals surface area (Å²) in [5.41, 5.74) is 1.62. The molecule has 0 saturated carbocycles. The first-order chi connectivity index (χ1) is 14.8. The first-order valence-corrected chi connectivity index (χ1v) is 10.8. The van der Waals surface area contributed by atoms with Crippen LogP contribution < -0.4 is 18.9 Å². The van der Waals surface area contributed by atoms with Gasteiger partial charge in [-0.25, -0.2) is 0 Å². The summed E-state index contributed by atoms with van der Waals surface area (Å²) in [4.78, 5) is 0. The van der Waals surface area contributed by atoms with Crippen molar-refractivity contribution in [1.82, 2.24) is 0 Å². The van der Waals surface area contributed by atoms with Gasteiger partial charge in [-0.2, -0.15) is 0 Å². The Morgan fingerprint density at radius 2 is 0.867 bits per heavy atom. The second kappa shape index (κ2) is 12.3. The molecule has 1 heterocycles. The van der Waals surface area contributed by atoms with Gasteiger partial charge < -0.3 is 29.2 Å². The zero-order valence-electron chi connectivity index (χ0n) is 17.5. The van der Waals surface area contributed by atoms with Crippen molar-refractivity contribution >= 4 is 0 Å². The van der Waals surface area contributed by atoms with Crippen molar-refractivity contribution in [3.05, 3.63) is 47.5 Å². The Balaban J connectivity index is 1.61. The Morgan fingerprint density at radius 1 is 0.500 bits per heavy atom. The minimum atomic E-state index is -0.0204. The molecule has 0 fully saturated rings. The maximum atomic E-state index is 9.39. The molecular weight excluding hydrogens is 384 g/mol. The zero-order chi connectivity index (χ0) is 21.0. The Bertz CT molecular complexity index is 713. The van der Waals surface area contributed by atoms with E-state index in [9.17, 15) is 10.2 Å². The molecule has 2 aromatic rings. The van der Waals surface area contributed by atoms with Crippen LogP contribution in [0.3, 0.4) is 0 Å². The van der Waals surface area contributed by atoms with Crippen molar-refractivity contribution in [1.29, 1.82) is 0 Å². The van der Waals surface area contributed by atoms with Crippen LogP contribution in [0.2, 0.25) is 0 Å². The van der Waals surface area contributed by atoms with E-state index < -0.39 is 0 Å². The maximum Gasteiger partial charge on any atom is 0.161 e. The fourth-order valence-corrected chi connectivity index (χ4v) is 3.26. The molecule has 1 aliphatic heterocycles. The van der Waals surface area contributed by atoms with Gasteiger partial charge in [0.2, 0.25) is 0 Å². The van der Waals surface area contributed by atoms with Gasteiger partial charge in [0.05, 0.1) is 39.6 Å². The number of aliphatic hydroxyl groups excluding tert-OH is 2. The van der Waals surface area contributed by atoms with Crippen LogP contribution in [0, 0.1) is 0 Å². The molecule has 0 radical (unpaired) electrons. The summed E-state index contributed by atoms with van der Waals surface area (Å²) in [5, 5.41) is 18.8. The van der Waals surface area contributed by atoms with E-state index in [0.29, 0.717) is 37.9 Å². The quantitative estimate of drug-likeness (QED) is 0.763. The van der Waals surface area contributed by atoms with E-state index in [2.05, 4.69) is 0 Å². The lowest BCUT2D eigenvalue weighted by atomic mass is 10.2. The molecule has 6 heteroatoms. The second-order valence-electron chi connectivity index (χ2n) is 7.39. The summed E-state index contributed by atoms with van der Waals surface area (Å²) in [7, 11) is 0. The number of aliphatic hydroxyl groups is 2. The molecule has 0 saturated heterocycles. The second-order valence-corrected chi connectivity index (χ2v) is 7.39. The molecule has 0 amide bonds. The molecule has 0 atom stereocenters. The van der Waals surface area contributed by atoms with Crippen LogP contribution in [-0.4, -0.2) is 36.6 Å². The van der Waals surface area contributed by atoms with Gasteiger partial charge in [-0.1, -0.05) is 12.1 Å². The number of fused-ring (bicyclic) bond motifs is 2. The molecule has 30 heavy (non-hydrogen) atoms. The highest BCUT2D eigenvalue weighted by molar-refractivity contribution is 5.43. The highest BCUT2D eigenvalue weighted by atomic mass is 16.5. The van der Waals surface area contributed by atoms with Crippen LogP contribution in [0.1, 0.15) is 49.7 Å². The SMILES string of the molecule is OCc1ccc2c(c1)OCCCCCOc1cc(CO)ccc1OCCCCCO2. The average Bonchev–Trinajstić information content (AvgIpc) is 2.78. The third kappa shape index (κ3) is 6.82. The van der Waals surface area contributed by atoms with Crippen molar-refractivity contribution in [3.63, 3.8) is 0 Å². The van der Waals surface area contributed by atoms with E-state index in [0.717, 1.165) is 61.2 Å². The van der Waals surface area contributed by atoms with Gasteiger partial charge in [0.1, 0.15) is 0 Å². The summed E-state index contributed by atoms with van der Waals surface area (Å²) in [6.07, 6.45) is 5.56. The van der Waals surface area contributed by atoms with Gasteiger partial charge in [-0.05, 0) is 73.9 Å². The van der Waals surface area contributed by atoms with Gasteiger partial charge in [-0.15, -0.1) is 0 Å². The van der Waals surface area contributed by atoms with E-state index >= 15 is 0 Å². The third-order valence-electron chi connectivity index (χ3n) is 4.99. The monoisotopic (exact) mass is 416 g/mol. The van der Waals surface area contributed by atoms with Gasteiger partial charge in [0.25, 0.3) is 0 Å². The van der Waals surface area contributed by atoms with Crippen molar-refractivity contribution in [2.24, 2.45) is 0 Å². The lowest BCUT2D eigenvalue weighted by Gasteiger charge is -2.16. The summed E-state index contributed by atoms with van der Waals surface area (Å²) in [6, 6.07) is 11.2. The van der Waals surface area contributed by atoms with E-state index in [1.165, 1.54) is 0 Å². The Kier molecular flexibility index (Phi) is 9.12. The van der Waals surface area contributed by atoms with Crippen LogP contribution >= 0.6 is 0 Å². The average molecular weight is 417 g/mol. The van der Waals surface area contributed by atoms with Crippen LogP contribution in [0.15, 0.2) is 36.4 Å². The van der Waals surface area contributed by atoms with E-state index in [-0.39, 0.29) is 13.2 Å². The number of benzene rings is 2. The van der Waals surface area contributed by atoms with Crippen LogP contribution in [0.5, 0.6) is 23.0 Å². The van der Waals surface area contributed by atoms with Crippen molar-refractivity contribution in [3.8, 4) is 23.0 Å². The fourth-order valence-electron chi connectivity index (χ4n) is 3.26. The Labute approximate surface area is 178 Å². The molecular formula is C24H32O6. The lowest BCUT2D eigenvalue weighted by molar-refractivity contribution is 0.234. The predicted molar refractivity (Wildman–Crippen MR) is 114 cm³/mol. The predicted octanol–water partition coefficient (Wildman–Crippen LogP) is 4.24. The molecule has 6 nitrogen and oxygen atoms in total. The lowest BCUT2D eigenvalue weighted by Crippen LogP contribution is -2.06. The van der Waals surface area contributed by atoms with Gasteiger partial charge in [0.15, 0.2) is 23.0 Å². The van der Waals surface area contributed by atoms with Crippen molar-refractivity contribution < 1.29 is 29.2 Å². The first kappa shape index (κ1) is 22.2. The largest absolute Gasteiger partial charge is 0.490 e. The van der Waals surface area contributed by atoms with Gasteiger partial charge in [0, 0.05) is 0 Å². The van der Waals surface area contributed by atoms with Crippen molar-refractivity contribution in [2.45, 2.75) is 51.7 Å². The molecule has 164 valence electrons. The summed E-state index contributed by atoms with van der Waals surface area (Å²) in [5.74, 6) is 2.82. The number of hydrogen-bond donors (Lipinski definition) is 2. The molecule has 0 spiro atoms. The Hall–Kier alpha value is -2.44. The molecule has 3 rings (SSSR count). The van der Waals surface area contributed by atoms with Gasteiger partial charge in [-0.3, -0.25) is 0 Å². The molecule has 2 aromatic carbocycles. The van der Waals surface area contributed by atoms with E-state index in [1.807, 2.05) is 36.4 Å². The highest BCUT2D eigenvalue weighted by Gasteiger charge is 2.09. The molecule has 0 unspecified atom stereocenters. The van der Waals surface area contributed by atoms with Crippen LogP contribution in [0.4, 0.5) is 0 Å². The van der Waals surface area contributed by atoms with Crippen LogP contribution in [-0.2, 0) is 13.2 Å². The molecule has 2 N–H and O–H groups in total. The molecule has 0 bridgehead atoms. The molecule has 1 aliphatic rings. The number of rotatable bonds is 2.